The molecule has 0 saturated carbocycles. The SMILES string of the molecule is CNC(=O)[C@H](Cc1ccc2ccccc2c1)NC(=O)[C@H](CC(C)C)NC(CCO[Si](C)(C)C(C)(C)C)C(=O)OC(C)(C)C. The minimum atomic E-state index is -2.04. The first-order valence-corrected chi connectivity index (χ1v) is 18.4. The number of likely N-dealkylation sites (N-methyl/N-ethyl adjacent to an activating group) is 1. The van der Waals surface area contributed by atoms with Gasteiger partial charge in [-0.2, -0.15) is 0 Å². The van der Waals surface area contributed by atoms with E-state index in [2.05, 4.69) is 49.8 Å². The average molecular weight is 614 g/mol. The number of rotatable bonds is 14. The molecular weight excluding hydrogens is 558 g/mol. The number of fused-ring (bicyclic) bond motifs is 1. The van der Waals surface area contributed by atoms with Crippen LogP contribution in [0.5, 0.6) is 0 Å². The first-order valence-electron chi connectivity index (χ1n) is 15.5. The molecular formula is C34H55N3O5Si. The van der Waals surface area contributed by atoms with Crippen LogP contribution in [0, 0.1) is 5.92 Å². The van der Waals surface area contributed by atoms with Crippen LogP contribution in [-0.4, -0.2) is 63.5 Å². The number of esters is 1. The standard InChI is InChI=1S/C34H55N3O5Si/c1-23(2)20-28(36-27(32(40)42-33(3,4)5)18-19-41-43(10,11)34(6,7)8)31(39)37-29(30(38)35-9)22-24-16-17-25-14-12-13-15-26(25)21-24/h12-17,21,23,27-29,36H,18-20,22H2,1-11H3,(H,35,38)(H,37,39)/t27?,28-,29-/m0/s1. The van der Waals surface area contributed by atoms with E-state index in [9.17, 15) is 14.4 Å². The quantitative estimate of drug-likeness (QED) is 0.185. The van der Waals surface area contributed by atoms with Gasteiger partial charge in [-0.3, -0.25) is 19.7 Å². The van der Waals surface area contributed by atoms with Crippen molar-refractivity contribution in [2.24, 2.45) is 5.92 Å². The molecule has 3 N–H and O–H groups in total. The van der Waals surface area contributed by atoms with Gasteiger partial charge in [0.15, 0.2) is 8.32 Å². The maximum Gasteiger partial charge on any atom is 0.323 e. The van der Waals surface area contributed by atoms with Gasteiger partial charge in [-0.15, -0.1) is 0 Å². The third-order valence-electron chi connectivity index (χ3n) is 7.93. The van der Waals surface area contributed by atoms with E-state index in [0.29, 0.717) is 25.9 Å². The van der Waals surface area contributed by atoms with Crippen molar-refractivity contribution in [3.05, 3.63) is 48.0 Å². The highest BCUT2D eigenvalue weighted by Crippen LogP contribution is 2.36. The molecule has 9 heteroatoms. The van der Waals surface area contributed by atoms with E-state index in [1.165, 1.54) is 0 Å². The lowest BCUT2D eigenvalue weighted by molar-refractivity contribution is -0.158. The normalized spacial score (nSPS) is 14.7. The second-order valence-electron chi connectivity index (χ2n) is 14.4. The number of hydrogen-bond acceptors (Lipinski definition) is 6. The second-order valence-corrected chi connectivity index (χ2v) is 19.2. The molecule has 0 aliphatic heterocycles. The van der Waals surface area contributed by atoms with Crippen molar-refractivity contribution >= 4 is 36.9 Å². The Kier molecular flexibility index (Phi) is 13.0. The number of amides is 2. The molecule has 2 aromatic rings. The third-order valence-corrected chi connectivity index (χ3v) is 12.5. The Morgan fingerprint density at radius 1 is 0.860 bits per heavy atom. The smallest absolute Gasteiger partial charge is 0.323 e. The molecule has 0 aliphatic carbocycles. The molecule has 2 rings (SSSR count). The molecule has 0 spiro atoms. The summed E-state index contributed by atoms with van der Waals surface area (Å²) in [5.74, 6) is -0.880. The molecule has 43 heavy (non-hydrogen) atoms. The van der Waals surface area contributed by atoms with Gasteiger partial charge in [0.25, 0.3) is 0 Å². The van der Waals surface area contributed by atoms with Crippen molar-refractivity contribution in [3.8, 4) is 0 Å². The van der Waals surface area contributed by atoms with Crippen molar-refractivity contribution in [1.82, 2.24) is 16.0 Å². The van der Waals surface area contributed by atoms with Crippen LogP contribution >= 0.6 is 0 Å². The van der Waals surface area contributed by atoms with Crippen LogP contribution in [0.2, 0.25) is 18.1 Å². The molecule has 0 bridgehead atoms. The predicted molar refractivity (Wildman–Crippen MR) is 177 cm³/mol. The van der Waals surface area contributed by atoms with Crippen LogP contribution in [-0.2, 0) is 30.0 Å². The summed E-state index contributed by atoms with van der Waals surface area (Å²) in [6.07, 6.45) is 1.17. The maximum absolute atomic E-state index is 13.8. The largest absolute Gasteiger partial charge is 0.459 e. The van der Waals surface area contributed by atoms with Crippen LogP contribution in [0.1, 0.15) is 73.8 Å². The zero-order chi connectivity index (χ0) is 32.6. The van der Waals surface area contributed by atoms with E-state index in [4.69, 9.17) is 9.16 Å². The third kappa shape index (κ3) is 11.7. The van der Waals surface area contributed by atoms with Crippen LogP contribution in [0.3, 0.4) is 0 Å². The summed E-state index contributed by atoms with van der Waals surface area (Å²) >= 11 is 0. The lowest BCUT2D eigenvalue weighted by atomic mass is 9.99. The summed E-state index contributed by atoms with van der Waals surface area (Å²) < 4.78 is 12.1. The predicted octanol–water partition coefficient (Wildman–Crippen LogP) is 5.74. The number of nitrogens with one attached hydrogen (secondary N) is 3. The summed E-state index contributed by atoms with van der Waals surface area (Å²) in [7, 11) is -0.476. The molecule has 0 saturated heterocycles. The summed E-state index contributed by atoms with van der Waals surface area (Å²) in [5.41, 5.74) is 0.257. The van der Waals surface area contributed by atoms with Crippen LogP contribution in [0.15, 0.2) is 42.5 Å². The fraction of sp³-hybridized carbons (Fsp3) is 0.618. The molecule has 3 atom stereocenters. The van der Waals surface area contributed by atoms with E-state index in [1.807, 2.05) is 77.1 Å². The Bertz CT molecular complexity index is 1230. The van der Waals surface area contributed by atoms with Gasteiger partial charge in [-0.05, 0) is 74.0 Å². The monoisotopic (exact) mass is 613 g/mol. The number of carbonyl (C=O) groups excluding carboxylic acids is 3. The highest BCUT2D eigenvalue weighted by Gasteiger charge is 2.38. The Morgan fingerprint density at radius 3 is 2.05 bits per heavy atom. The fourth-order valence-corrected chi connectivity index (χ4v) is 5.57. The van der Waals surface area contributed by atoms with E-state index in [1.54, 1.807) is 7.05 Å². The Hall–Kier alpha value is -2.75. The molecule has 0 radical (unpaired) electrons. The van der Waals surface area contributed by atoms with E-state index in [-0.39, 0.29) is 22.8 Å². The average Bonchev–Trinajstić information content (AvgIpc) is 2.89. The Labute approximate surface area is 260 Å². The summed E-state index contributed by atoms with van der Waals surface area (Å²) in [6.45, 7) is 20.8. The van der Waals surface area contributed by atoms with E-state index < -0.39 is 38.0 Å². The fourth-order valence-electron chi connectivity index (χ4n) is 4.51. The van der Waals surface area contributed by atoms with Gasteiger partial charge in [0.05, 0.1) is 6.04 Å². The van der Waals surface area contributed by atoms with Crippen LogP contribution in [0.4, 0.5) is 0 Å². The van der Waals surface area contributed by atoms with Crippen LogP contribution < -0.4 is 16.0 Å². The van der Waals surface area contributed by atoms with E-state index in [0.717, 1.165) is 16.3 Å². The van der Waals surface area contributed by atoms with Gasteiger partial charge in [0.1, 0.15) is 17.7 Å². The van der Waals surface area contributed by atoms with E-state index >= 15 is 0 Å². The topological polar surface area (TPSA) is 106 Å². The van der Waals surface area contributed by atoms with Gasteiger partial charge in [-0.1, -0.05) is 77.1 Å². The summed E-state index contributed by atoms with van der Waals surface area (Å²) in [6, 6.07) is 11.8. The summed E-state index contributed by atoms with van der Waals surface area (Å²) in [5, 5.41) is 11.2. The molecule has 0 fully saturated rings. The second kappa shape index (κ2) is 15.3. The van der Waals surface area contributed by atoms with Gasteiger partial charge < -0.3 is 19.8 Å². The lowest BCUT2D eigenvalue weighted by Crippen LogP contribution is -2.57. The van der Waals surface area contributed by atoms with Gasteiger partial charge >= 0.3 is 5.97 Å². The van der Waals surface area contributed by atoms with Crippen molar-refractivity contribution in [2.75, 3.05) is 13.7 Å². The van der Waals surface area contributed by atoms with Gasteiger partial charge in [0, 0.05) is 20.1 Å². The molecule has 0 heterocycles. The van der Waals surface area contributed by atoms with Crippen LogP contribution in [0.25, 0.3) is 10.8 Å². The Balaban J connectivity index is 2.28. The molecule has 240 valence electrons. The first-order chi connectivity index (χ1) is 19.8. The molecule has 1 unspecified atom stereocenters. The lowest BCUT2D eigenvalue weighted by Gasteiger charge is -2.36. The first kappa shape index (κ1) is 36.4. The molecule has 2 aromatic carbocycles. The maximum atomic E-state index is 13.8. The highest BCUT2D eigenvalue weighted by atomic mass is 28.4. The van der Waals surface area contributed by atoms with Crippen molar-refractivity contribution in [2.45, 2.75) is 117 Å². The van der Waals surface area contributed by atoms with Gasteiger partial charge in [-0.25, -0.2) is 0 Å². The van der Waals surface area contributed by atoms with Crippen molar-refractivity contribution < 1.29 is 23.5 Å². The number of carbonyl (C=O) groups is 3. The zero-order valence-electron chi connectivity index (χ0n) is 28.2. The highest BCUT2D eigenvalue weighted by molar-refractivity contribution is 6.74. The molecule has 2 amide bonds. The zero-order valence-corrected chi connectivity index (χ0v) is 29.2. The minimum absolute atomic E-state index is 0.0296. The van der Waals surface area contributed by atoms with Crippen molar-refractivity contribution in [1.29, 1.82) is 0 Å². The van der Waals surface area contributed by atoms with Crippen molar-refractivity contribution in [3.63, 3.8) is 0 Å². The number of benzene rings is 2. The number of ether oxygens (including phenoxy) is 1. The van der Waals surface area contributed by atoms with Gasteiger partial charge in [0.2, 0.25) is 11.8 Å². The minimum Gasteiger partial charge on any atom is -0.459 e. The molecule has 0 aliphatic rings. The molecule has 8 nitrogen and oxygen atoms in total. The Morgan fingerprint density at radius 2 is 1.49 bits per heavy atom. The summed E-state index contributed by atoms with van der Waals surface area (Å²) in [4.78, 5) is 40.1. The number of hydrogen-bond donors (Lipinski definition) is 3. The molecule has 0 aromatic heterocycles.